The van der Waals surface area contributed by atoms with Crippen LogP contribution in [0.25, 0.3) is 0 Å². The van der Waals surface area contributed by atoms with Crippen LogP contribution in [-0.4, -0.2) is 57.6 Å². The first-order chi connectivity index (χ1) is 10.3. The Balaban J connectivity index is 2.09. The van der Waals surface area contributed by atoms with Gasteiger partial charge in [0.15, 0.2) is 11.0 Å². The molecule has 4 N–H and O–H groups in total. The van der Waals surface area contributed by atoms with Crippen molar-refractivity contribution in [1.29, 1.82) is 0 Å². The van der Waals surface area contributed by atoms with Gasteiger partial charge in [-0.15, -0.1) is 10.2 Å². The molecule has 1 fully saturated rings. The van der Waals surface area contributed by atoms with Crippen molar-refractivity contribution in [2.24, 2.45) is 0 Å². The van der Waals surface area contributed by atoms with E-state index in [0.717, 1.165) is 0 Å². The summed E-state index contributed by atoms with van der Waals surface area (Å²) in [5, 5.41) is 13.7. The first-order valence-corrected chi connectivity index (χ1v) is 7.26. The van der Waals surface area contributed by atoms with E-state index in [4.69, 9.17) is 22.1 Å². The Morgan fingerprint density at radius 1 is 1.50 bits per heavy atom. The SMILES string of the molecule is CC(C)(C)OC(=O)N1CCNCC1Nc1nnc(Cl)c(N)n1. The Morgan fingerprint density at radius 2 is 2.23 bits per heavy atom. The van der Waals surface area contributed by atoms with Crippen LogP contribution in [0.4, 0.5) is 16.6 Å². The fraction of sp³-hybridized carbons (Fsp3) is 0.667. The van der Waals surface area contributed by atoms with E-state index in [-0.39, 0.29) is 23.1 Å². The predicted molar refractivity (Wildman–Crippen MR) is 82.5 cm³/mol. The average molecular weight is 330 g/mol. The normalized spacial score (nSPS) is 18.9. The van der Waals surface area contributed by atoms with Crippen LogP contribution in [0.2, 0.25) is 5.15 Å². The fourth-order valence-corrected chi connectivity index (χ4v) is 1.99. The molecule has 0 spiro atoms. The molecule has 1 aliphatic heterocycles. The molecule has 0 aromatic carbocycles. The van der Waals surface area contributed by atoms with Crippen molar-refractivity contribution in [3.63, 3.8) is 0 Å². The van der Waals surface area contributed by atoms with E-state index >= 15 is 0 Å². The lowest BCUT2D eigenvalue weighted by Gasteiger charge is -2.37. The summed E-state index contributed by atoms with van der Waals surface area (Å²) in [6, 6.07) is 0. The number of ether oxygens (including phenoxy) is 1. The summed E-state index contributed by atoms with van der Waals surface area (Å²) in [6.07, 6.45) is -0.771. The highest BCUT2D eigenvalue weighted by atomic mass is 35.5. The summed E-state index contributed by atoms with van der Waals surface area (Å²) >= 11 is 5.69. The van der Waals surface area contributed by atoms with E-state index in [9.17, 15) is 4.79 Å². The fourth-order valence-electron chi connectivity index (χ4n) is 1.91. The number of piperazine rings is 1. The van der Waals surface area contributed by atoms with Crippen LogP contribution in [0.3, 0.4) is 0 Å². The van der Waals surface area contributed by atoms with E-state index in [1.54, 1.807) is 4.90 Å². The Bertz CT molecular complexity index is 549. The summed E-state index contributed by atoms with van der Waals surface area (Å²) in [7, 11) is 0. The smallest absolute Gasteiger partial charge is 0.412 e. The molecule has 2 heterocycles. The van der Waals surface area contributed by atoms with Gasteiger partial charge in [-0.2, -0.15) is 4.98 Å². The van der Waals surface area contributed by atoms with Crippen molar-refractivity contribution in [3.8, 4) is 0 Å². The summed E-state index contributed by atoms with van der Waals surface area (Å²) < 4.78 is 5.40. The van der Waals surface area contributed by atoms with E-state index < -0.39 is 11.7 Å². The number of amides is 1. The molecule has 9 nitrogen and oxygen atoms in total. The van der Waals surface area contributed by atoms with Crippen LogP contribution in [0.1, 0.15) is 20.8 Å². The van der Waals surface area contributed by atoms with Gasteiger partial charge >= 0.3 is 6.09 Å². The second-order valence-corrected chi connectivity index (χ2v) is 6.21. The van der Waals surface area contributed by atoms with Crippen LogP contribution in [0.15, 0.2) is 0 Å². The molecule has 22 heavy (non-hydrogen) atoms. The molecule has 1 amide bonds. The standard InChI is InChI=1S/C12H20ClN7O2/c1-12(2,3)22-11(21)20-5-4-15-6-7(20)16-10-17-9(14)8(13)18-19-10/h7,15H,4-6H2,1-3H3,(H3,14,16,17,19). The summed E-state index contributed by atoms with van der Waals surface area (Å²) in [4.78, 5) is 17.8. The highest BCUT2D eigenvalue weighted by molar-refractivity contribution is 6.31. The summed E-state index contributed by atoms with van der Waals surface area (Å²) in [6.45, 7) is 7.17. The molecule has 10 heteroatoms. The topological polar surface area (TPSA) is 118 Å². The number of halogens is 1. The quantitative estimate of drug-likeness (QED) is 0.725. The number of hydrogen-bond donors (Lipinski definition) is 3. The molecule has 1 saturated heterocycles. The number of nitrogen functional groups attached to an aromatic ring is 1. The van der Waals surface area contributed by atoms with Crippen LogP contribution in [0.5, 0.6) is 0 Å². The zero-order chi connectivity index (χ0) is 16.3. The number of nitrogens with zero attached hydrogens (tertiary/aromatic N) is 4. The minimum Gasteiger partial charge on any atom is -0.444 e. The van der Waals surface area contributed by atoms with Crippen molar-refractivity contribution in [2.75, 3.05) is 30.7 Å². The van der Waals surface area contributed by atoms with Gasteiger partial charge in [0.05, 0.1) is 0 Å². The summed E-state index contributed by atoms with van der Waals surface area (Å²) in [5.41, 5.74) is 5.04. The largest absolute Gasteiger partial charge is 0.444 e. The maximum absolute atomic E-state index is 12.3. The van der Waals surface area contributed by atoms with Crippen LogP contribution < -0.4 is 16.4 Å². The van der Waals surface area contributed by atoms with Crippen molar-refractivity contribution in [1.82, 2.24) is 25.4 Å². The lowest BCUT2D eigenvalue weighted by Crippen LogP contribution is -2.58. The molecule has 1 aliphatic rings. The minimum atomic E-state index is -0.560. The van der Waals surface area contributed by atoms with Gasteiger partial charge in [0.25, 0.3) is 0 Å². The second-order valence-electron chi connectivity index (χ2n) is 5.85. The van der Waals surface area contributed by atoms with Gasteiger partial charge in [0.2, 0.25) is 5.95 Å². The highest BCUT2D eigenvalue weighted by Gasteiger charge is 2.31. The van der Waals surface area contributed by atoms with Crippen LogP contribution in [0, 0.1) is 0 Å². The first-order valence-electron chi connectivity index (χ1n) is 6.89. The Labute approximate surface area is 133 Å². The minimum absolute atomic E-state index is 0.0383. The number of carbonyl (C=O) groups excluding carboxylic acids is 1. The number of anilines is 2. The zero-order valence-electron chi connectivity index (χ0n) is 12.8. The van der Waals surface area contributed by atoms with Gasteiger partial charge in [0, 0.05) is 19.6 Å². The molecule has 0 saturated carbocycles. The third-order valence-corrected chi connectivity index (χ3v) is 3.11. The van der Waals surface area contributed by atoms with Gasteiger partial charge in [-0.1, -0.05) is 11.6 Å². The number of hydrogen-bond acceptors (Lipinski definition) is 8. The number of rotatable bonds is 2. The van der Waals surface area contributed by atoms with Crippen molar-refractivity contribution >= 4 is 29.5 Å². The molecule has 0 aliphatic carbocycles. The van der Waals surface area contributed by atoms with Crippen molar-refractivity contribution in [3.05, 3.63) is 5.15 Å². The Morgan fingerprint density at radius 3 is 2.86 bits per heavy atom. The monoisotopic (exact) mass is 329 g/mol. The zero-order valence-corrected chi connectivity index (χ0v) is 13.5. The molecule has 1 aromatic heterocycles. The molecule has 0 bridgehead atoms. The van der Waals surface area contributed by atoms with E-state index in [2.05, 4.69) is 25.8 Å². The second kappa shape index (κ2) is 6.49. The van der Waals surface area contributed by atoms with Crippen LogP contribution >= 0.6 is 11.6 Å². The highest BCUT2D eigenvalue weighted by Crippen LogP contribution is 2.16. The van der Waals surface area contributed by atoms with Gasteiger partial charge in [0.1, 0.15) is 11.8 Å². The van der Waals surface area contributed by atoms with Gasteiger partial charge < -0.3 is 21.1 Å². The molecular formula is C12H20ClN7O2. The maximum atomic E-state index is 12.3. The van der Waals surface area contributed by atoms with Crippen LogP contribution in [-0.2, 0) is 4.74 Å². The third-order valence-electron chi connectivity index (χ3n) is 2.84. The third kappa shape index (κ3) is 4.31. The molecule has 1 aromatic rings. The molecule has 1 atom stereocenters. The Hall–Kier alpha value is -1.87. The predicted octanol–water partition coefficient (Wildman–Crippen LogP) is 0.685. The molecule has 0 radical (unpaired) electrons. The van der Waals surface area contributed by atoms with Gasteiger partial charge in [-0.3, -0.25) is 4.90 Å². The number of nitrogens with one attached hydrogen (secondary N) is 2. The number of carbonyl (C=O) groups is 1. The van der Waals surface area contributed by atoms with Gasteiger partial charge in [-0.25, -0.2) is 4.79 Å². The molecular weight excluding hydrogens is 310 g/mol. The van der Waals surface area contributed by atoms with Crippen molar-refractivity contribution < 1.29 is 9.53 Å². The van der Waals surface area contributed by atoms with E-state index in [1.807, 2.05) is 20.8 Å². The first kappa shape index (κ1) is 16.5. The molecule has 122 valence electrons. The average Bonchev–Trinajstić information content (AvgIpc) is 2.41. The Kier molecular flexibility index (Phi) is 4.87. The number of nitrogens with two attached hydrogens (primary N) is 1. The molecule has 1 unspecified atom stereocenters. The van der Waals surface area contributed by atoms with Crippen molar-refractivity contribution in [2.45, 2.75) is 32.5 Å². The lowest BCUT2D eigenvalue weighted by molar-refractivity contribution is 0.0149. The number of aromatic nitrogens is 3. The lowest BCUT2D eigenvalue weighted by atomic mass is 10.2. The molecule has 2 rings (SSSR count). The maximum Gasteiger partial charge on any atom is 0.412 e. The van der Waals surface area contributed by atoms with E-state index in [0.29, 0.717) is 19.6 Å². The summed E-state index contributed by atoms with van der Waals surface area (Å²) in [5.74, 6) is 0.274. The van der Waals surface area contributed by atoms with E-state index in [1.165, 1.54) is 0 Å². The van der Waals surface area contributed by atoms with Gasteiger partial charge in [-0.05, 0) is 20.8 Å².